The van der Waals surface area contributed by atoms with E-state index in [-0.39, 0.29) is 19.6 Å². The smallest absolute Gasteiger partial charge is 0.310 e. The number of rotatable bonds is 11. The monoisotopic (exact) mass is 494 g/mol. The van der Waals surface area contributed by atoms with Crippen molar-refractivity contribution in [2.45, 2.75) is 38.2 Å². The lowest BCUT2D eigenvalue weighted by Gasteiger charge is -2.26. The standard InChI is InChI=1S/C27H30N2O5S/c1-27(2,26(31)29-18-24-15-9-10-16-28-24)35(32,33)20-23(17-21-11-5-3-6-12-21)25(30)34-19-22-13-7-4-8-14-22/h3-16,23H,17-20H2,1-2H3,(H,29,31). The van der Waals surface area contributed by atoms with E-state index < -0.39 is 38.1 Å². The summed E-state index contributed by atoms with van der Waals surface area (Å²) in [6, 6.07) is 23.6. The number of ether oxygens (including phenoxy) is 1. The molecule has 3 rings (SSSR count). The van der Waals surface area contributed by atoms with Crippen LogP contribution in [-0.2, 0) is 43.7 Å². The minimum Gasteiger partial charge on any atom is -0.461 e. The molecule has 0 spiro atoms. The molecular formula is C27H30N2O5S. The Morgan fingerprint density at radius 3 is 2.11 bits per heavy atom. The predicted molar refractivity (Wildman–Crippen MR) is 134 cm³/mol. The summed E-state index contributed by atoms with van der Waals surface area (Å²) in [7, 11) is -4.04. The van der Waals surface area contributed by atoms with E-state index >= 15 is 0 Å². The van der Waals surface area contributed by atoms with E-state index in [1.54, 1.807) is 24.4 Å². The maximum Gasteiger partial charge on any atom is 0.310 e. The number of carbonyl (C=O) groups is 2. The topological polar surface area (TPSA) is 102 Å². The van der Waals surface area contributed by atoms with Gasteiger partial charge in [-0.3, -0.25) is 14.6 Å². The number of hydrogen-bond donors (Lipinski definition) is 1. The number of sulfone groups is 1. The van der Waals surface area contributed by atoms with Gasteiger partial charge >= 0.3 is 5.97 Å². The average molecular weight is 495 g/mol. The molecule has 1 amide bonds. The van der Waals surface area contributed by atoms with Crippen molar-refractivity contribution < 1.29 is 22.7 Å². The van der Waals surface area contributed by atoms with Crippen molar-refractivity contribution >= 4 is 21.7 Å². The minimum atomic E-state index is -4.04. The fraction of sp³-hybridized carbons (Fsp3) is 0.296. The summed E-state index contributed by atoms with van der Waals surface area (Å²) in [4.78, 5) is 30.0. The van der Waals surface area contributed by atoms with Gasteiger partial charge in [0.15, 0.2) is 9.84 Å². The van der Waals surface area contributed by atoms with E-state index in [0.717, 1.165) is 11.1 Å². The Morgan fingerprint density at radius 1 is 0.914 bits per heavy atom. The van der Waals surface area contributed by atoms with E-state index in [4.69, 9.17) is 4.74 Å². The van der Waals surface area contributed by atoms with E-state index in [1.165, 1.54) is 13.8 Å². The molecule has 35 heavy (non-hydrogen) atoms. The van der Waals surface area contributed by atoms with E-state index in [2.05, 4.69) is 10.3 Å². The fourth-order valence-corrected chi connectivity index (χ4v) is 5.01. The number of carbonyl (C=O) groups excluding carboxylic acids is 2. The zero-order chi connectivity index (χ0) is 25.3. The first-order valence-electron chi connectivity index (χ1n) is 11.3. The van der Waals surface area contributed by atoms with Crippen LogP contribution in [0, 0.1) is 5.92 Å². The first-order valence-corrected chi connectivity index (χ1v) is 13.0. The largest absolute Gasteiger partial charge is 0.461 e. The molecule has 0 radical (unpaired) electrons. The number of esters is 1. The molecule has 0 saturated heterocycles. The van der Waals surface area contributed by atoms with Gasteiger partial charge in [0.2, 0.25) is 5.91 Å². The Labute approximate surface area is 206 Å². The first kappa shape index (κ1) is 26.1. The molecule has 1 aromatic heterocycles. The van der Waals surface area contributed by atoms with Gasteiger partial charge in [-0.2, -0.15) is 0 Å². The van der Waals surface area contributed by atoms with Gasteiger partial charge in [-0.05, 0) is 43.5 Å². The molecule has 0 aliphatic heterocycles. The highest BCUT2D eigenvalue weighted by atomic mass is 32.2. The van der Waals surface area contributed by atoms with Crippen LogP contribution < -0.4 is 5.32 Å². The fourth-order valence-electron chi connectivity index (χ4n) is 3.46. The molecular weight excluding hydrogens is 464 g/mol. The van der Waals surface area contributed by atoms with E-state index in [1.807, 2.05) is 60.7 Å². The summed E-state index contributed by atoms with van der Waals surface area (Å²) in [6.45, 7) is 2.85. The summed E-state index contributed by atoms with van der Waals surface area (Å²) in [5.41, 5.74) is 2.22. The van der Waals surface area contributed by atoms with Crippen molar-refractivity contribution in [2.24, 2.45) is 5.92 Å². The van der Waals surface area contributed by atoms with Gasteiger partial charge in [-0.1, -0.05) is 66.7 Å². The summed E-state index contributed by atoms with van der Waals surface area (Å²) in [5, 5.41) is 2.65. The Hall–Kier alpha value is -3.52. The third-order valence-corrected chi connectivity index (χ3v) is 8.36. The van der Waals surface area contributed by atoms with Crippen molar-refractivity contribution in [1.82, 2.24) is 10.3 Å². The molecule has 2 aromatic carbocycles. The Kier molecular flexibility index (Phi) is 8.76. The van der Waals surface area contributed by atoms with Crippen LogP contribution in [0.4, 0.5) is 0 Å². The van der Waals surface area contributed by atoms with Crippen LogP contribution in [0.3, 0.4) is 0 Å². The van der Waals surface area contributed by atoms with Gasteiger partial charge in [-0.25, -0.2) is 8.42 Å². The molecule has 3 aromatic rings. The highest BCUT2D eigenvalue weighted by molar-refractivity contribution is 7.93. The lowest BCUT2D eigenvalue weighted by atomic mass is 10.0. The third kappa shape index (κ3) is 7.23. The van der Waals surface area contributed by atoms with Crippen LogP contribution in [0.1, 0.15) is 30.7 Å². The number of aromatic nitrogens is 1. The zero-order valence-electron chi connectivity index (χ0n) is 19.9. The van der Waals surface area contributed by atoms with Gasteiger partial charge in [0.1, 0.15) is 11.4 Å². The van der Waals surface area contributed by atoms with E-state index in [0.29, 0.717) is 5.69 Å². The predicted octanol–water partition coefficient (Wildman–Crippen LogP) is 3.49. The van der Waals surface area contributed by atoms with Gasteiger partial charge < -0.3 is 10.1 Å². The number of pyridine rings is 1. The van der Waals surface area contributed by atoms with Gasteiger partial charge in [0.25, 0.3) is 0 Å². The molecule has 7 nitrogen and oxygen atoms in total. The summed E-state index contributed by atoms with van der Waals surface area (Å²) in [6.07, 6.45) is 1.78. The molecule has 1 atom stereocenters. The van der Waals surface area contributed by atoms with Crippen LogP contribution in [0.25, 0.3) is 0 Å². The molecule has 0 aliphatic rings. The van der Waals surface area contributed by atoms with Crippen LogP contribution in [0.5, 0.6) is 0 Å². The van der Waals surface area contributed by atoms with Crippen LogP contribution in [0.2, 0.25) is 0 Å². The van der Waals surface area contributed by atoms with Crippen molar-refractivity contribution in [3.8, 4) is 0 Å². The lowest BCUT2D eigenvalue weighted by molar-refractivity contribution is -0.149. The third-order valence-electron chi connectivity index (χ3n) is 5.78. The molecule has 8 heteroatoms. The normalized spacial score (nSPS) is 12.5. The van der Waals surface area contributed by atoms with Crippen LogP contribution >= 0.6 is 0 Å². The number of amides is 1. The maximum atomic E-state index is 13.4. The highest BCUT2D eigenvalue weighted by Crippen LogP contribution is 2.23. The molecule has 184 valence electrons. The minimum absolute atomic E-state index is 0.0406. The number of nitrogens with one attached hydrogen (secondary N) is 1. The zero-order valence-corrected chi connectivity index (χ0v) is 20.7. The molecule has 0 bridgehead atoms. The Morgan fingerprint density at radius 2 is 1.51 bits per heavy atom. The molecule has 1 N–H and O–H groups in total. The Balaban J connectivity index is 1.74. The quantitative estimate of drug-likeness (QED) is 0.410. The van der Waals surface area contributed by atoms with Crippen molar-refractivity contribution in [2.75, 3.05) is 5.75 Å². The highest BCUT2D eigenvalue weighted by Gasteiger charge is 2.44. The maximum absolute atomic E-state index is 13.4. The average Bonchev–Trinajstić information content (AvgIpc) is 2.87. The second-order valence-corrected chi connectivity index (χ2v) is 11.4. The number of benzene rings is 2. The molecule has 0 aliphatic carbocycles. The second-order valence-electron chi connectivity index (χ2n) is 8.78. The molecule has 0 fully saturated rings. The molecule has 1 heterocycles. The number of hydrogen-bond acceptors (Lipinski definition) is 6. The molecule has 1 unspecified atom stereocenters. The summed E-state index contributed by atoms with van der Waals surface area (Å²) < 4.78 is 30.5. The SMILES string of the molecule is CC(C)(C(=O)NCc1ccccn1)S(=O)(=O)CC(Cc1ccccc1)C(=O)OCc1ccccc1. The van der Waals surface area contributed by atoms with E-state index in [9.17, 15) is 18.0 Å². The second kappa shape index (κ2) is 11.8. The summed E-state index contributed by atoms with van der Waals surface area (Å²) in [5.74, 6) is -2.75. The van der Waals surface area contributed by atoms with Crippen LogP contribution in [-0.4, -0.2) is 35.8 Å². The first-order chi connectivity index (χ1) is 16.7. The number of nitrogens with zero attached hydrogens (tertiary/aromatic N) is 1. The van der Waals surface area contributed by atoms with Crippen molar-refractivity contribution in [3.63, 3.8) is 0 Å². The van der Waals surface area contributed by atoms with Crippen molar-refractivity contribution in [1.29, 1.82) is 0 Å². The van der Waals surface area contributed by atoms with Gasteiger partial charge in [-0.15, -0.1) is 0 Å². The van der Waals surface area contributed by atoms with Gasteiger partial charge in [0.05, 0.1) is 23.9 Å². The van der Waals surface area contributed by atoms with Crippen LogP contribution in [0.15, 0.2) is 85.1 Å². The van der Waals surface area contributed by atoms with Crippen molar-refractivity contribution in [3.05, 3.63) is 102 Å². The molecule has 0 saturated carbocycles. The Bertz CT molecular complexity index is 1210. The lowest BCUT2D eigenvalue weighted by Crippen LogP contribution is -2.50. The van der Waals surface area contributed by atoms with Gasteiger partial charge in [0, 0.05) is 6.20 Å². The summed E-state index contributed by atoms with van der Waals surface area (Å²) >= 11 is 0.